The van der Waals surface area contributed by atoms with E-state index in [-0.39, 0.29) is 10.3 Å². The Hall–Kier alpha value is -1.88. The first-order valence-electron chi connectivity index (χ1n) is 6.91. The maximum atomic E-state index is 13.0. The quantitative estimate of drug-likeness (QED) is 0.855. The van der Waals surface area contributed by atoms with E-state index in [1.807, 2.05) is 24.3 Å². The Labute approximate surface area is 123 Å². The maximum absolute atomic E-state index is 13.0. The lowest BCUT2D eigenvalue weighted by atomic mass is 9.99. The minimum absolute atomic E-state index is 0.00366. The van der Waals surface area contributed by atoms with Crippen molar-refractivity contribution in [2.45, 2.75) is 23.2 Å². The summed E-state index contributed by atoms with van der Waals surface area (Å²) in [6, 6.07) is 12.7. The zero-order chi connectivity index (χ0) is 14.7. The van der Waals surface area contributed by atoms with Crippen molar-refractivity contribution in [3.8, 4) is 0 Å². The number of fused-ring (bicyclic) bond motifs is 2. The van der Waals surface area contributed by atoms with Crippen LogP contribution in [0.4, 0.5) is 10.1 Å². The number of nitrogens with zero attached hydrogens (tertiary/aromatic N) is 1. The van der Waals surface area contributed by atoms with Crippen LogP contribution in [-0.2, 0) is 15.4 Å². The third-order valence-electron chi connectivity index (χ3n) is 4.45. The summed E-state index contributed by atoms with van der Waals surface area (Å²) in [7, 11) is -3.63. The molecule has 1 saturated carbocycles. The molecule has 108 valence electrons. The minimum Gasteiger partial charge on any atom is -0.265 e. The van der Waals surface area contributed by atoms with Gasteiger partial charge in [0.05, 0.1) is 10.6 Å². The highest BCUT2D eigenvalue weighted by molar-refractivity contribution is 7.92. The second-order valence-corrected chi connectivity index (χ2v) is 7.63. The molecule has 1 spiro atoms. The van der Waals surface area contributed by atoms with Gasteiger partial charge in [-0.3, -0.25) is 4.31 Å². The van der Waals surface area contributed by atoms with E-state index in [1.54, 1.807) is 0 Å². The second kappa shape index (κ2) is 4.07. The molecule has 21 heavy (non-hydrogen) atoms. The van der Waals surface area contributed by atoms with Crippen molar-refractivity contribution in [2.75, 3.05) is 10.8 Å². The zero-order valence-corrected chi connectivity index (χ0v) is 12.1. The van der Waals surface area contributed by atoms with Crippen molar-refractivity contribution < 1.29 is 12.8 Å². The van der Waals surface area contributed by atoms with Crippen LogP contribution in [0.15, 0.2) is 53.4 Å². The zero-order valence-electron chi connectivity index (χ0n) is 11.3. The first kappa shape index (κ1) is 12.8. The molecule has 1 fully saturated rings. The van der Waals surface area contributed by atoms with Crippen molar-refractivity contribution >= 4 is 15.7 Å². The predicted molar refractivity (Wildman–Crippen MR) is 78.3 cm³/mol. The minimum atomic E-state index is -3.63. The standard InChI is InChI=1S/C16H14FNO2S/c17-12-5-7-13(8-6-12)21(19,20)18-11-16(9-10-16)14-3-1-2-4-15(14)18/h1-8H,9-11H2. The van der Waals surface area contributed by atoms with Gasteiger partial charge in [0.1, 0.15) is 5.82 Å². The van der Waals surface area contributed by atoms with E-state index >= 15 is 0 Å². The number of anilines is 1. The highest BCUT2D eigenvalue weighted by Crippen LogP contribution is 2.57. The van der Waals surface area contributed by atoms with Gasteiger partial charge in [-0.05, 0) is 48.7 Å². The number of sulfonamides is 1. The lowest BCUT2D eigenvalue weighted by Gasteiger charge is -2.20. The molecule has 0 radical (unpaired) electrons. The average molecular weight is 303 g/mol. The topological polar surface area (TPSA) is 37.4 Å². The molecule has 4 rings (SSSR count). The number of hydrogen-bond acceptors (Lipinski definition) is 2. The van der Waals surface area contributed by atoms with Crippen molar-refractivity contribution in [2.24, 2.45) is 0 Å². The van der Waals surface area contributed by atoms with Crippen LogP contribution < -0.4 is 4.31 Å². The molecule has 0 bridgehead atoms. The molecule has 2 aromatic rings. The first-order valence-corrected chi connectivity index (χ1v) is 8.35. The molecule has 0 N–H and O–H groups in total. The summed E-state index contributed by atoms with van der Waals surface area (Å²) in [5, 5.41) is 0. The van der Waals surface area contributed by atoms with Crippen LogP contribution >= 0.6 is 0 Å². The summed E-state index contributed by atoms with van der Waals surface area (Å²) in [4.78, 5) is 0.136. The number of halogens is 1. The second-order valence-electron chi connectivity index (χ2n) is 5.76. The third kappa shape index (κ3) is 1.80. The molecule has 2 aliphatic rings. The molecule has 5 heteroatoms. The van der Waals surface area contributed by atoms with E-state index in [0.717, 1.165) is 24.1 Å². The summed E-state index contributed by atoms with van der Waals surface area (Å²) in [6.45, 7) is 0.492. The molecule has 1 aliphatic carbocycles. The molecule has 0 saturated heterocycles. The first-order chi connectivity index (χ1) is 10.0. The highest BCUT2D eigenvalue weighted by Gasteiger charge is 2.54. The van der Waals surface area contributed by atoms with E-state index in [0.29, 0.717) is 6.54 Å². The Morgan fingerprint density at radius 3 is 2.33 bits per heavy atom. The highest BCUT2D eigenvalue weighted by atomic mass is 32.2. The monoisotopic (exact) mass is 303 g/mol. The van der Waals surface area contributed by atoms with Crippen molar-refractivity contribution in [1.82, 2.24) is 0 Å². The molecule has 0 aromatic heterocycles. The van der Waals surface area contributed by atoms with Crippen molar-refractivity contribution in [3.05, 3.63) is 59.9 Å². The Morgan fingerprint density at radius 1 is 1.00 bits per heavy atom. The van der Waals surface area contributed by atoms with Gasteiger partial charge in [-0.25, -0.2) is 12.8 Å². The van der Waals surface area contributed by atoms with Gasteiger partial charge in [0.2, 0.25) is 0 Å². The molecule has 0 amide bonds. The molecule has 0 unspecified atom stereocenters. The van der Waals surface area contributed by atoms with E-state index in [4.69, 9.17) is 0 Å². The summed E-state index contributed by atoms with van der Waals surface area (Å²) in [6.07, 6.45) is 2.05. The van der Waals surface area contributed by atoms with Crippen LogP contribution in [0.3, 0.4) is 0 Å². The summed E-state index contributed by atoms with van der Waals surface area (Å²) < 4.78 is 40.1. The number of para-hydroxylation sites is 1. The number of rotatable bonds is 2. The van der Waals surface area contributed by atoms with Crippen LogP contribution in [0.2, 0.25) is 0 Å². The smallest absolute Gasteiger partial charge is 0.264 e. The van der Waals surface area contributed by atoms with Crippen LogP contribution in [0.1, 0.15) is 18.4 Å². The summed E-state index contributed by atoms with van der Waals surface area (Å²) in [5.41, 5.74) is 1.89. The summed E-state index contributed by atoms with van der Waals surface area (Å²) in [5.74, 6) is -0.436. The Balaban J connectivity index is 1.82. The van der Waals surface area contributed by atoms with Gasteiger partial charge in [0, 0.05) is 12.0 Å². The van der Waals surface area contributed by atoms with Gasteiger partial charge in [0.25, 0.3) is 10.0 Å². The lowest BCUT2D eigenvalue weighted by Crippen LogP contribution is -2.31. The van der Waals surface area contributed by atoms with Crippen LogP contribution in [0, 0.1) is 5.82 Å². The van der Waals surface area contributed by atoms with E-state index < -0.39 is 15.8 Å². The molecule has 1 heterocycles. The van der Waals surface area contributed by atoms with Gasteiger partial charge in [-0.15, -0.1) is 0 Å². The Morgan fingerprint density at radius 2 is 1.67 bits per heavy atom. The fourth-order valence-electron chi connectivity index (χ4n) is 3.11. The Bertz CT molecular complexity index is 810. The number of hydrogen-bond donors (Lipinski definition) is 0. The van der Waals surface area contributed by atoms with Gasteiger partial charge in [-0.1, -0.05) is 18.2 Å². The summed E-state index contributed by atoms with van der Waals surface area (Å²) >= 11 is 0. The third-order valence-corrected chi connectivity index (χ3v) is 6.22. The SMILES string of the molecule is O=S(=O)(c1ccc(F)cc1)N1CC2(CC2)c2ccccc21. The molecular weight excluding hydrogens is 289 g/mol. The lowest BCUT2D eigenvalue weighted by molar-refractivity contribution is 0.587. The maximum Gasteiger partial charge on any atom is 0.264 e. The largest absolute Gasteiger partial charge is 0.265 e. The fourth-order valence-corrected chi connectivity index (χ4v) is 4.68. The van der Waals surface area contributed by atoms with Crippen molar-refractivity contribution in [3.63, 3.8) is 0 Å². The van der Waals surface area contributed by atoms with Crippen LogP contribution in [0.25, 0.3) is 0 Å². The van der Waals surface area contributed by atoms with Crippen molar-refractivity contribution in [1.29, 1.82) is 0 Å². The van der Waals surface area contributed by atoms with Crippen LogP contribution in [0.5, 0.6) is 0 Å². The van der Waals surface area contributed by atoms with E-state index in [9.17, 15) is 12.8 Å². The van der Waals surface area contributed by atoms with Gasteiger partial charge in [-0.2, -0.15) is 0 Å². The van der Waals surface area contributed by atoms with Crippen LogP contribution in [-0.4, -0.2) is 15.0 Å². The fraction of sp³-hybridized carbons (Fsp3) is 0.250. The van der Waals surface area contributed by atoms with E-state index in [2.05, 4.69) is 0 Å². The molecular formula is C16H14FNO2S. The average Bonchev–Trinajstić information content (AvgIpc) is 3.17. The molecule has 1 aliphatic heterocycles. The molecule has 2 aromatic carbocycles. The predicted octanol–water partition coefficient (Wildman–Crippen LogP) is 3.07. The molecule has 0 atom stereocenters. The normalized spacial score (nSPS) is 18.8. The van der Waals surface area contributed by atoms with Gasteiger partial charge < -0.3 is 0 Å². The van der Waals surface area contributed by atoms with Gasteiger partial charge >= 0.3 is 0 Å². The number of benzene rings is 2. The molecule has 3 nitrogen and oxygen atoms in total. The van der Waals surface area contributed by atoms with E-state index in [1.165, 1.54) is 28.6 Å². The Kier molecular flexibility index (Phi) is 2.49. The van der Waals surface area contributed by atoms with Gasteiger partial charge in [0.15, 0.2) is 0 Å².